The first kappa shape index (κ1) is 10.6. The van der Waals surface area contributed by atoms with Gasteiger partial charge >= 0.3 is 0 Å². The van der Waals surface area contributed by atoms with Gasteiger partial charge in [0.05, 0.1) is 11.9 Å². The lowest BCUT2D eigenvalue weighted by molar-refractivity contribution is 0.102. The summed E-state index contributed by atoms with van der Waals surface area (Å²) in [4.78, 5) is 11.7. The molecule has 0 spiro atoms. The molecule has 2 aromatic heterocycles. The third-order valence-corrected chi connectivity index (χ3v) is 2.87. The van der Waals surface area contributed by atoms with E-state index in [1.165, 1.54) is 17.5 Å². The van der Waals surface area contributed by atoms with Gasteiger partial charge in [0.1, 0.15) is 10.7 Å². The van der Waals surface area contributed by atoms with Gasteiger partial charge in [-0.15, -0.1) is 10.2 Å². The molecule has 4 N–H and O–H groups in total. The minimum atomic E-state index is -0.367. The summed E-state index contributed by atoms with van der Waals surface area (Å²) in [7, 11) is 0. The van der Waals surface area contributed by atoms with Gasteiger partial charge in [-0.3, -0.25) is 15.2 Å². The number of amides is 1. The van der Waals surface area contributed by atoms with Crippen LogP contribution in [0.1, 0.15) is 22.4 Å². The largest absolute Gasteiger partial charge is 0.396 e. The number of hydrogen-bond acceptors (Lipinski definition) is 6. The molecule has 0 radical (unpaired) electrons. The number of hydrogen-bond donors (Lipinski definition) is 3. The molecule has 0 saturated heterocycles. The summed E-state index contributed by atoms with van der Waals surface area (Å²) in [5.74, 6) is -0.367. The highest BCUT2D eigenvalue weighted by atomic mass is 32.1. The molecule has 7 nitrogen and oxygen atoms in total. The predicted molar refractivity (Wildman–Crippen MR) is 60.2 cm³/mol. The van der Waals surface area contributed by atoms with Gasteiger partial charge in [0.2, 0.25) is 5.13 Å². The average Bonchev–Trinajstić information content (AvgIpc) is 2.86. The quantitative estimate of drug-likeness (QED) is 0.727. The number of nitrogens with two attached hydrogens (primary N) is 1. The fraction of sp³-hybridized carbons (Fsp3) is 0.250. The van der Waals surface area contributed by atoms with Gasteiger partial charge in [0.15, 0.2) is 0 Å². The molecule has 84 valence electrons. The first-order valence-electron chi connectivity index (χ1n) is 4.63. The summed E-state index contributed by atoms with van der Waals surface area (Å²) >= 11 is 1.34. The molecule has 0 aromatic carbocycles. The first-order chi connectivity index (χ1) is 7.70. The Labute approximate surface area is 95.1 Å². The van der Waals surface area contributed by atoms with Crippen molar-refractivity contribution in [3.8, 4) is 0 Å². The van der Waals surface area contributed by atoms with E-state index in [2.05, 4.69) is 25.7 Å². The van der Waals surface area contributed by atoms with E-state index in [-0.39, 0.29) is 11.6 Å². The number of aromatic amines is 1. The standard InChI is InChI=1S/C8H10N6OS/c1-2-5-12-14-8(16-5)11-7(15)6-4(9)3-10-13-6/h3H,2,9H2,1H3,(H,10,13)(H,11,14,15). The number of carbonyl (C=O) groups is 1. The molecule has 0 aliphatic carbocycles. The summed E-state index contributed by atoms with van der Waals surface area (Å²) < 4.78 is 0. The van der Waals surface area contributed by atoms with E-state index < -0.39 is 0 Å². The Hall–Kier alpha value is -1.96. The zero-order valence-corrected chi connectivity index (χ0v) is 9.34. The monoisotopic (exact) mass is 238 g/mol. The van der Waals surface area contributed by atoms with E-state index in [0.29, 0.717) is 10.8 Å². The number of carbonyl (C=O) groups excluding carboxylic acids is 1. The molecule has 0 aliphatic rings. The van der Waals surface area contributed by atoms with Gasteiger partial charge in [-0.25, -0.2) is 0 Å². The number of aryl methyl sites for hydroxylation is 1. The SMILES string of the molecule is CCc1nnc(NC(=O)c2[nH]ncc2N)s1. The van der Waals surface area contributed by atoms with Crippen LogP contribution in [-0.4, -0.2) is 26.3 Å². The molecule has 2 rings (SSSR count). The molecule has 2 aromatic rings. The van der Waals surface area contributed by atoms with Gasteiger partial charge in [-0.2, -0.15) is 5.10 Å². The van der Waals surface area contributed by atoms with Crippen molar-refractivity contribution in [3.05, 3.63) is 16.9 Å². The van der Waals surface area contributed by atoms with Crippen molar-refractivity contribution in [3.63, 3.8) is 0 Å². The van der Waals surface area contributed by atoms with E-state index in [0.717, 1.165) is 11.4 Å². The van der Waals surface area contributed by atoms with E-state index in [1.54, 1.807) is 0 Å². The second-order valence-corrected chi connectivity index (χ2v) is 4.07. The van der Waals surface area contributed by atoms with E-state index >= 15 is 0 Å². The van der Waals surface area contributed by atoms with Crippen LogP contribution in [-0.2, 0) is 6.42 Å². The second-order valence-electron chi connectivity index (χ2n) is 3.01. The molecule has 0 saturated carbocycles. The predicted octanol–water partition coefficient (Wildman–Crippen LogP) is 0.658. The normalized spacial score (nSPS) is 10.3. The fourth-order valence-electron chi connectivity index (χ4n) is 1.08. The number of anilines is 2. The number of H-pyrrole nitrogens is 1. The summed E-state index contributed by atoms with van der Waals surface area (Å²) in [5, 5.41) is 17.8. The fourth-order valence-corrected chi connectivity index (χ4v) is 1.76. The van der Waals surface area contributed by atoms with E-state index in [1.807, 2.05) is 6.92 Å². The van der Waals surface area contributed by atoms with E-state index in [9.17, 15) is 4.79 Å². The topological polar surface area (TPSA) is 110 Å². The van der Waals surface area contributed by atoms with Crippen molar-refractivity contribution in [2.75, 3.05) is 11.1 Å². The molecule has 1 amide bonds. The van der Waals surface area contributed by atoms with Crippen LogP contribution < -0.4 is 11.1 Å². The van der Waals surface area contributed by atoms with Crippen molar-refractivity contribution in [1.29, 1.82) is 0 Å². The highest BCUT2D eigenvalue weighted by molar-refractivity contribution is 7.15. The van der Waals surface area contributed by atoms with Crippen molar-refractivity contribution in [2.24, 2.45) is 0 Å². The third kappa shape index (κ3) is 2.01. The average molecular weight is 238 g/mol. The van der Waals surface area contributed by atoms with Crippen LogP contribution in [0, 0.1) is 0 Å². The lowest BCUT2D eigenvalue weighted by Gasteiger charge is -1.98. The molecular formula is C8H10N6OS. The maximum Gasteiger partial charge on any atom is 0.277 e. The third-order valence-electron chi connectivity index (χ3n) is 1.89. The minimum Gasteiger partial charge on any atom is -0.396 e. The number of nitrogens with zero attached hydrogens (tertiary/aromatic N) is 3. The highest BCUT2D eigenvalue weighted by Gasteiger charge is 2.13. The summed E-state index contributed by atoms with van der Waals surface area (Å²) in [5.41, 5.74) is 6.07. The Bertz CT molecular complexity index is 504. The van der Waals surface area contributed by atoms with Gasteiger partial charge in [-0.1, -0.05) is 18.3 Å². The van der Waals surface area contributed by atoms with Crippen LogP contribution >= 0.6 is 11.3 Å². The first-order valence-corrected chi connectivity index (χ1v) is 5.45. The van der Waals surface area contributed by atoms with Crippen molar-refractivity contribution in [1.82, 2.24) is 20.4 Å². The number of nitrogen functional groups attached to an aromatic ring is 1. The van der Waals surface area contributed by atoms with E-state index in [4.69, 9.17) is 5.73 Å². The summed E-state index contributed by atoms with van der Waals surface area (Å²) in [6.07, 6.45) is 2.17. The Balaban J connectivity index is 2.11. The maximum absolute atomic E-state index is 11.7. The van der Waals surface area contributed by atoms with Gasteiger partial charge in [0, 0.05) is 0 Å². The Morgan fingerprint density at radius 1 is 1.62 bits per heavy atom. The molecule has 0 aliphatic heterocycles. The zero-order valence-electron chi connectivity index (χ0n) is 8.52. The molecular weight excluding hydrogens is 228 g/mol. The summed E-state index contributed by atoms with van der Waals surface area (Å²) in [6, 6.07) is 0. The van der Waals surface area contributed by atoms with Crippen LogP contribution in [0.4, 0.5) is 10.8 Å². The Morgan fingerprint density at radius 3 is 3.00 bits per heavy atom. The van der Waals surface area contributed by atoms with Gasteiger partial charge in [-0.05, 0) is 6.42 Å². The molecule has 8 heteroatoms. The maximum atomic E-state index is 11.7. The highest BCUT2D eigenvalue weighted by Crippen LogP contribution is 2.17. The Morgan fingerprint density at radius 2 is 2.44 bits per heavy atom. The minimum absolute atomic E-state index is 0.230. The van der Waals surface area contributed by atoms with Crippen LogP contribution in [0.2, 0.25) is 0 Å². The molecule has 2 heterocycles. The van der Waals surface area contributed by atoms with Gasteiger partial charge in [0.25, 0.3) is 5.91 Å². The van der Waals surface area contributed by atoms with Crippen molar-refractivity contribution in [2.45, 2.75) is 13.3 Å². The van der Waals surface area contributed by atoms with Gasteiger partial charge < -0.3 is 5.73 Å². The molecule has 16 heavy (non-hydrogen) atoms. The number of nitrogens with one attached hydrogen (secondary N) is 2. The Kier molecular flexibility index (Phi) is 2.82. The lowest BCUT2D eigenvalue weighted by Crippen LogP contribution is -2.13. The van der Waals surface area contributed by atoms with Crippen LogP contribution in [0.25, 0.3) is 0 Å². The number of rotatable bonds is 3. The molecule has 0 fully saturated rings. The van der Waals surface area contributed by atoms with Crippen LogP contribution in [0.15, 0.2) is 6.20 Å². The smallest absolute Gasteiger partial charge is 0.277 e. The van der Waals surface area contributed by atoms with Crippen LogP contribution in [0.3, 0.4) is 0 Å². The molecule has 0 bridgehead atoms. The van der Waals surface area contributed by atoms with Crippen molar-refractivity contribution >= 4 is 28.1 Å². The lowest BCUT2D eigenvalue weighted by atomic mass is 10.3. The zero-order chi connectivity index (χ0) is 11.5. The number of aromatic nitrogens is 4. The molecule has 0 unspecified atom stereocenters. The summed E-state index contributed by atoms with van der Waals surface area (Å²) in [6.45, 7) is 1.97. The van der Waals surface area contributed by atoms with Crippen molar-refractivity contribution < 1.29 is 4.79 Å². The van der Waals surface area contributed by atoms with Crippen LogP contribution in [0.5, 0.6) is 0 Å². The second kappa shape index (κ2) is 4.27. The molecule has 0 atom stereocenters.